The SMILES string of the molecule is COC(=O)c1c(C)nc(C(F)(F)Cl)c(C(=O)OC)c1CC(C)C. The molecule has 8 heteroatoms. The van der Waals surface area contributed by atoms with Crippen LogP contribution in [0.15, 0.2) is 0 Å². The maximum atomic E-state index is 13.7. The summed E-state index contributed by atoms with van der Waals surface area (Å²) in [4.78, 5) is 27.7. The third-order valence-electron chi connectivity index (χ3n) is 3.14. The minimum absolute atomic E-state index is 0.00970. The zero-order chi connectivity index (χ0) is 17.9. The van der Waals surface area contributed by atoms with Gasteiger partial charge in [-0.2, -0.15) is 8.78 Å². The topological polar surface area (TPSA) is 65.5 Å². The molecule has 1 aromatic rings. The Balaban J connectivity index is 3.89. The lowest BCUT2D eigenvalue weighted by molar-refractivity contribution is 0.0557. The van der Waals surface area contributed by atoms with Crippen molar-refractivity contribution in [2.24, 2.45) is 5.92 Å². The number of carbonyl (C=O) groups excluding carboxylic acids is 2. The molecule has 0 spiro atoms. The molecule has 0 N–H and O–H groups in total. The third kappa shape index (κ3) is 4.16. The highest BCUT2D eigenvalue weighted by molar-refractivity contribution is 6.22. The van der Waals surface area contributed by atoms with Crippen LogP contribution in [0.1, 0.15) is 51.5 Å². The predicted octanol–water partition coefficient (Wildman–Crippen LogP) is 3.45. The molecule has 0 atom stereocenters. The van der Waals surface area contributed by atoms with Crippen molar-refractivity contribution in [1.82, 2.24) is 4.98 Å². The molecule has 0 aromatic carbocycles. The van der Waals surface area contributed by atoms with E-state index < -0.39 is 28.6 Å². The van der Waals surface area contributed by atoms with Gasteiger partial charge in [0.1, 0.15) is 5.69 Å². The number of hydrogen-bond donors (Lipinski definition) is 0. The molecule has 128 valence electrons. The molecule has 5 nitrogen and oxygen atoms in total. The van der Waals surface area contributed by atoms with Crippen LogP contribution in [0.25, 0.3) is 0 Å². The van der Waals surface area contributed by atoms with Gasteiger partial charge in [-0.05, 0) is 36.4 Å². The predicted molar refractivity (Wildman–Crippen MR) is 79.9 cm³/mol. The molecule has 0 aliphatic carbocycles. The lowest BCUT2D eigenvalue weighted by Crippen LogP contribution is -2.24. The molecule has 0 fully saturated rings. The van der Waals surface area contributed by atoms with Crippen molar-refractivity contribution in [3.8, 4) is 0 Å². The summed E-state index contributed by atoms with van der Waals surface area (Å²) in [6, 6.07) is 0. The number of nitrogens with zero attached hydrogens (tertiary/aromatic N) is 1. The summed E-state index contributed by atoms with van der Waals surface area (Å²) >= 11 is 5.09. The molecule has 0 aliphatic rings. The summed E-state index contributed by atoms with van der Waals surface area (Å²) in [5.74, 6) is -1.82. The van der Waals surface area contributed by atoms with Gasteiger partial charge in [-0.1, -0.05) is 13.8 Å². The van der Waals surface area contributed by atoms with E-state index >= 15 is 0 Å². The van der Waals surface area contributed by atoms with Crippen molar-refractivity contribution in [1.29, 1.82) is 0 Å². The molecule has 0 aliphatic heterocycles. The van der Waals surface area contributed by atoms with Gasteiger partial charge >= 0.3 is 17.3 Å². The van der Waals surface area contributed by atoms with Gasteiger partial charge in [-0.15, -0.1) is 0 Å². The van der Waals surface area contributed by atoms with Crippen LogP contribution in [0.3, 0.4) is 0 Å². The molecule has 0 saturated carbocycles. The number of rotatable bonds is 5. The summed E-state index contributed by atoms with van der Waals surface area (Å²) in [7, 11) is 2.21. The highest BCUT2D eigenvalue weighted by atomic mass is 35.5. The Morgan fingerprint density at radius 1 is 1.17 bits per heavy atom. The smallest absolute Gasteiger partial charge is 0.365 e. The normalized spacial score (nSPS) is 11.5. The number of hydrogen-bond acceptors (Lipinski definition) is 5. The fourth-order valence-electron chi connectivity index (χ4n) is 2.28. The number of esters is 2. The molecule has 0 unspecified atom stereocenters. The van der Waals surface area contributed by atoms with Gasteiger partial charge in [0.2, 0.25) is 0 Å². The van der Waals surface area contributed by atoms with Crippen molar-refractivity contribution in [3.63, 3.8) is 0 Å². The maximum Gasteiger partial charge on any atom is 0.365 e. The van der Waals surface area contributed by atoms with E-state index in [1.54, 1.807) is 0 Å². The van der Waals surface area contributed by atoms with Crippen LogP contribution in [0.2, 0.25) is 0 Å². The van der Waals surface area contributed by atoms with Crippen LogP contribution in [0, 0.1) is 12.8 Å². The van der Waals surface area contributed by atoms with Gasteiger partial charge in [0.05, 0.1) is 31.0 Å². The van der Waals surface area contributed by atoms with Crippen molar-refractivity contribution in [2.75, 3.05) is 14.2 Å². The number of carbonyl (C=O) groups is 2. The van der Waals surface area contributed by atoms with E-state index in [2.05, 4.69) is 14.5 Å². The molecular formula is C15H18ClF2NO4. The molecule has 0 amide bonds. The second kappa shape index (κ2) is 7.21. The maximum absolute atomic E-state index is 13.7. The van der Waals surface area contributed by atoms with E-state index in [1.807, 2.05) is 13.8 Å². The van der Waals surface area contributed by atoms with E-state index in [0.29, 0.717) is 0 Å². The fraction of sp³-hybridized carbons (Fsp3) is 0.533. The first-order valence-corrected chi connectivity index (χ1v) is 7.19. The second-order valence-corrected chi connectivity index (χ2v) is 5.83. The lowest BCUT2D eigenvalue weighted by Gasteiger charge is -2.20. The summed E-state index contributed by atoms with van der Waals surface area (Å²) < 4.78 is 36.7. The van der Waals surface area contributed by atoms with Gasteiger partial charge in [-0.25, -0.2) is 14.6 Å². The standard InChI is InChI=1S/C15H18ClF2NO4/c1-7(2)6-9-10(13(20)22-4)8(3)19-12(15(16,17)18)11(9)14(21)23-5/h7H,6H2,1-5H3. The third-order valence-corrected chi connectivity index (χ3v) is 3.32. The molecule has 1 rings (SSSR count). The van der Waals surface area contributed by atoms with E-state index in [9.17, 15) is 18.4 Å². The Kier molecular flexibility index (Phi) is 6.04. The number of ether oxygens (including phenoxy) is 2. The Bertz CT molecular complexity index is 627. The molecule has 0 bridgehead atoms. The number of methoxy groups -OCH3 is 2. The number of halogens is 3. The first-order chi connectivity index (χ1) is 10.5. The van der Waals surface area contributed by atoms with Crippen LogP contribution < -0.4 is 0 Å². The first kappa shape index (κ1) is 19.3. The summed E-state index contributed by atoms with van der Waals surface area (Å²) in [5.41, 5.74) is -1.33. The summed E-state index contributed by atoms with van der Waals surface area (Å²) in [6.07, 6.45) is 0.179. The first-order valence-electron chi connectivity index (χ1n) is 6.81. The van der Waals surface area contributed by atoms with Gasteiger partial charge < -0.3 is 9.47 Å². The quantitative estimate of drug-likeness (QED) is 0.601. The molecule has 0 saturated heterocycles. The van der Waals surface area contributed by atoms with Crippen LogP contribution in [-0.2, 0) is 21.3 Å². The van der Waals surface area contributed by atoms with Crippen molar-refractivity contribution < 1.29 is 27.8 Å². The zero-order valence-corrected chi connectivity index (χ0v) is 14.3. The number of aryl methyl sites for hydroxylation is 1. The zero-order valence-electron chi connectivity index (χ0n) is 13.5. The fourth-order valence-corrected chi connectivity index (χ4v) is 2.41. The largest absolute Gasteiger partial charge is 0.465 e. The van der Waals surface area contributed by atoms with E-state index in [1.165, 1.54) is 6.92 Å². The Morgan fingerprint density at radius 2 is 1.65 bits per heavy atom. The van der Waals surface area contributed by atoms with Crippen LogP contribution in [-0.4, -0.2) is 31.1 Å². The van der Waals surface area contributed by atoms with Crippen LogP contribution in [0.5, 0.6) is 0 Å². The number of pyridine rings is 1. The molecule has 1 heterocycles. The lowest BCUT2D eigenvalue weighted by atomic mass is 9.91. The second-order valence-electron chi connectivity index (χ2n) is 5.35. The minimum atomic E-state index is -3.88. The summed E-state index contributed by atoms with van der Waals surface area (Å²) in [5, 5.41) is -3.88. The Morgan fingerprint density at radius 3 is 2.04 bits per heavy atom. The van der Waals surface area contributed by atoms with Crippen molar-refractivity contribution in [3.05, 3.63) is 28.1 Å². The minimum Gasteiger partial charge on any atom is -0.465 e. The van der Waals surface area contributed by atoms with E-state index in [4.69, 9.17) is 11.6 Å². The molecule has 0 radical (unpaired) electrons. The molecular weight excluding hydrogens is 332 g/mol. The molecule has 1 aromatic heterocycles. The Hall–Kier alpha value is -1.76. The van der Waals surface area contributed by atoms with Crippen molar-refractivity contribution in [2.45, 2.75) is 32.6 Å². The van der Waals surface area contributed by atoms with E-state index in [-0.39, 0.29) is 29.2 Å². The van der Waals surface area contributed by atoms with Gasteiger partial charge in [-0.3, -0.25) is 0 Å². The monoisotopic (exact) mass is 349 g/mol. The van der Waals surface area contributed by atoms with Crippen LogP contribution in [0.4, 0.5) is 8.78 Å². The molecule has 23 heavy (non-hydrogen) atoms. The van der Waals surface area contributed by atoms with Crippen molar-refractivity contribution >= 4 is 23.5 Å². The van der Waals surface area contributed by atoms with Gasteiger partial charge in [0.15, 0.2) is 0 Å². The Labute approximate surface area is 137 Å². The number of aromatic nitrogens is 1. The number of alkyl halides is 3. The van der Waals surface area contributed by atoms with Gasteiger partial charge in [0.25, 0.3) is 0 Å². The average molecular weight is 350 g/mol. The van der Waals surface area contributed by atoms with E-state index in [0.717, 1.165) is 14.2 Å². The van der Waals surface area contributed by atoms with Crippen LogP contribution >= 0.6 is 11.6 Å². The average Bonchev–Trinajstić information content (AvgIpc) is 2.43. The highest BCUT2D eigenvalue weighted by Gasteiger charge is 2.39. The van der Waals surface area contributed by atoms with Gasteiger partial charge in [0, 0.05) is 0 Å². The summed E-state index contributed by atoms with van der Waals surface area (Å²) in [6.45, 7) is 5.01. The highest BCUT2D eigenvalue weighted by Crippen LogP contribution is 2.37.